The first-order valence-electron chi connectivity index (χ1n) is 11.7. The molecule has 3 aromatic rings. The number of ether oxygens (including phenoxy) is 2. The van der Waals surface area contributed by atoms with E-state index in [0.717, 1.165) is 48.9 Å². The summed E-state index contributed by atoms with van der Waals surface area (Å²) in [5.41, 5.74) is 7.90. The third-order valence-corrected chi connectivity index (χ3v) is 7.47. The number of aromatic amines is 1. The Bertz CT molecular complexity index is 1150. The number of hydrogen-bond acceptors (Lipinski definition) is 5. The van der Waals surface area contributed by atoms with Crippen molar-refractivity contribution in [3.8, 4) is 22.5 Å². The highest BCUT2D eigenvalue weighted by Gasteiger charge is 2.55. The standard InChI is InChI=1S/C26H29FN4O3/c1-25(26(24(28)32)11-3-2-4-12-26)15-33-23(34-16-25)22-30-20(17-5-7-19(27)8-6-17)21(31-22)18-9-13-29-14-10-18/h5-10,13-14,23H,2-4,11-12,15-16H2,1H3,(H2,28,32)(H,30,31). The number of aromatic nitrogens is 3. The molecule has 8 heteroatoms. The number of hydrogen-bond donors (Lipinski definition) is 2. The lowest BCUT2D eigenvalue weighted by atomic mass is 9.57. The van der Waals surface area contributed by atoms with Gasteiger partial charge in [0.1, 0.15) is 5.82 Å². The van der Waals surface area contributed by atoms with E-state index >= 15 is 0 Å². The molecule has 1 amide bonds. The first-order valence-corrected chi connectivity index (χ1v) is 11.7. The van der Waals surface area contributed by atoms with E-state index in [2.05, 4.69) is 9.97 Å². The zero-order chi connectivity index (χ0) is 23.8. The lowest BCUT2D eigenvalue weighted by Crippen LogP contribution is -2.56. The Balaban J connectivity index is 1.44. The van der Waals surface area contributed by atoms with Crippen molar-refractivity contribution in [3.05, 3.63) is 60.4 Å². The molecular formula is C26H29FN4O3. The Kier molecular flexibility index (Phi) is 5.95. The molecule has 0 atom stereocenters. The van der Waals surface area contributed by atoms with Crippen molar-refractivity contribution in [1.82, 2.24) is 15.0 Å². The number of pyridine rings is 1. The van der Waals surface area contributed by atoms with Crippen LogP contribution in [0.25, 0.3) is 22.5 Å². The van der Waals surface area contributed by atoms with Crippen LogP contribution in [0.15, 0.2) is 48.8 Å². The lowest BCUT2D eigenvalue weighted by molar-refractivity contribution is -0.259. The van der Waals surface area contributed by atoms with Crippen molar-refractivity contribution in [1.29, 1.82) is 0 Å². The van der Waals surface area contributed by atoms with Crippen LogP contribution in [-0.4, -0.2) is 34.1 Å². The Labute approximate surface area is 197 Å². The molecule has 0 unspecified atom stereocenters. The van der Waals surface area contributed by atoms with Gasteiger partial charge in [-0.2, -0.15) is 0 Å². The molecule has 0 bridgehead atoms. The number of imidazole rings is 1. The summed E-state index contributed by atoms with van der Waals surface area (Å²) in [7, 11) is 0. The van der Waals surface area contributed by atoms with Gasteiger partial charge in [0.15, 0.2) is 5.82 Å². The van der Waals surface area contributed by atoms with E-state index < -0.39 is 17.1 Å². The average Bonchev–Trinajstić information content (AvgIpc) is 3.31. The van der Waals surface area contributed by atoms with Gasteiger partial charge in [0.05, 0.1) is 30.0 Å². The molecule has 34 heavy (non-hydrogen) atoms. The Morgan fingerprint density at radius 2 is 1.68 bits per heavy atom. The molecule has 5 rings (SSSR count). The second-order valence-corrected chi connectivity index (χ2v) is 9.61. The molecule has 7 nitrogen and oxygen atoms in total. The van der Waals surface area contributed by atoms with E-state index in [0.29, 0.717) is 24.7 Å². The fourth-order valence-corrected chi connectivity index (χ4v) is 5.39. The predicted octanol–water partition coefficient (Wildman–Crippen LogP) is 4.77. The van der Waals surface area contributed by atoms with Gasteiger partial charge in [-0.3, -0.25) is 9.78 Å². The minimum absolute atomic E-state index is 0.267. The van der Waals surface area contributed by atoms with E-state index in [9.17, 15) is 9.18 Å². The molecule has 1 aliphatic heterocycles. The van der Waals surface area contributed by atoms with E-state index in [1.54, 1.807) is 24.5 Å². The van der Waals surface area contributed by atoms with Crippen molar-refractivity contribution in [3.63, 3.8) is 0 Å². The van der Waals surface area contributed by atoms with E-state index in [1.165, 1.54) is 12.1 Å². The maximum Gasteiger partial charge on any atom is 0.224 e. The van der Waals surface area contributed by atoms with Crippen LogP contribution in [0.5, 0.6) is 0 Å². The van der Waals surface area contributed by atoms with Crippen LogP contribution in [0.3, 0.4) is 0 Å². The first kappa shape index (κ1) is 22.7. The summed E-state index contributed by atoms with van der Waals surface area (Å²) in [6.07, 6.45) is 7.30. The third kappa shape index (κ3) is 3.91. The molecule has 2 aliphatic rings. The van der Waals surface area contributed by atoms with E-state index in [-0.39, 0.29) is 11.7 Å². The van der Waals surface area contributed by atoms with Crippen LogP contribution in [-0.2, 0) is 14.3 Å². The fraction of sp³-hybridized carbons (Fsp3) is 0.423. The number of nitrogens with zero attached hydrogens (tertiary/aromatic N) is 2. The lowest BCUT2D eigenvalue weighted by Gasteiger charge is -2.51. The van der Waals surface area contributed by atoms with E-state index in [4.69, 9.17) is 20.2 Å². The Hall–Kier alpha value is -3.10. The number of nitrogens with one attached hydrogen (secondary N) is 1. The monoisotopic (exact) mass is 464 g/mol. The molecule has 3 N–H and O–H groups in total. The largest absolute Gasteiger partial charge is 0.369 e. The highest BCUT2D eigenvalue weighted by atomic mass is 19.1. The molecule has 3 heterocycles. The second-order valence-electron chi connectivity index (χ2n) is 9.61. The van der Waals surface area contributed by atoms with Gasteiger partial charge < -0.3 is 20.2 Å². The molecular weight excluding hydrogens is 435 g/mol. The number of primary amides is 1. The SMILES string of the molecule is CC1(C2(C(N)=O)CCCCC2)COC(c2nc(-c3ccc(F)cc3)c(-c3ccncc3)[nH]2)OC1. The second kappa shape index (κ2) is 8.92. The summed E-state index contributed by atoms with van der Waals surface area (Å²) >= 11 is 0. The average molecular weight is 465 g/mol. The maximum atomic E-state index is 13.5. The summed E-state index contributed by atoms with van der Waals surface area (Å²) in [5, 5.41) is 0. The number of rotatable bonds is 5. The number of H-pyrrole nitrogens is 1. The van der Waals surface area contributed by atoms with Gasteiger partial charge in [-0.25, -0.2) is 9.37 Å². The van der Waals surface area contributed by atoms with Gasteiger partial charge in [0.2, 0.25) is 12.2 Å². The quantitative estimate of drug-likeness (QED) is 0.566. The first-order chi connectivity index (χ1) is 16.4. The summed E-state index contributed by atoms with van der Waals surface area (Å²) < 4.78 is 25.9. The zero-order valence-electron chi connectivity index (χ0n) is 19.2. The normalized spacial score (nSPS) is 24.6. The van der Waals surface area contributed by atoms with Gasteiger partial charge in [0, 0.05) is 28.9 Å². The van der Waals surface area contributed by atoms with Crippen molar-refractivity contribution < 1.29 is 18.7 Å². The minimum Gasteiger partial charge on any atom is -0.369 e. The zero-order valence-corrected chi connectivity index (χ0v) is 19.2. The van der Waals surface area contributed by atoms with Gasteiger partial charge in [0.25, 0.3) is 0 Å². The number of halogens is 1. The van der Waals surface area contributed by atoms with Gasteiger partial charge >= 0.3 is 0 Å². The molecule has 1 saturated carbocycles. The smallest absolute Gasteiger partial charge is 0.224 e. The Morgan fingerprint density at radius 3 is 2.29 bits per heavy atom. The molecule has 0 spiro atoms. The van der Waals surface area contributed by atoms with Gasteiger partial charge in [-0.1, -0.05) is 26.2 Å². The van der Waals surface area contributed by atoms with Gasteiger partial charge in [-0.15, -0.1) is 0 Å². The Morgan fingerprint density at radius 1 is 1.03 bits per heavy atom. The number of nitrogens with two attached hydrogens (primary N) is 1. The van der Waals surface area contributed by atoms with E-state index in [1.807, 2.05) is 19.1 Å². The summed E-state index contributed by atoms with van der Waals surface area (Å²) in [5.74, 6) is -0.0591. The van der Waals surface area contributed by atoms with Crippen LogP contribution in [0.2, 0.25) is 0 Å². The highest BCUT2D eigenvalue weighted by molar-refractivity contribution is 5.82. The molecule has 2 fully saturated rings. The molecule has 2 aromatic heterocycles. The summed E-state index contributed by atoms with van der Waals surface area (Å²) in [6.45, 7) is 2.73. The fourth-order valence-electron chi connectivity index (χ4n) is 5.39. The molecule has 0 radical (unpaired) electrons. The predicted molar refractivity (Wildman–Crippen MR) is 125 cm³/mol. The van der Waals surface area contributed by atoms with Crippen LogP contribution in [0.1, 0.15) is 51.1 Å². The summed E-state index contributed by atoms with van der Waals surface area (Å²) in [6, 6.07) is 9.96. The number of carbonyl (C=O) groups excluding carboxylic acids is 1. The van der Waals surface area contributed by atoms with Crippen molar-refractivity contribution in [2.45, 2.75) is 45.3 Å². The van der Waals surface area contributed by atoms with Crippen molar-refractivity contribution in [2.24, 2.45) is 16.6 Å². The number of carbonyl (C=O) groups is 1. The molecule has 178 valence electrons. The van der Waals surface area contributed by atoms with Gasteiger partial charge in [-0.05, 0) is 49.2 Å². The highest BCUT2D eigenvalue weighted by Crippen LogP contribution is 2.52. The number of amides is 1. The maximum absolute atomic E-state index is 13.5. The topological polar surface area (TPSA) is 103 Å². The number of benzene rings is 1. The third-order valence-electron chi connectivity index (χ3n) is 7.47. The molecule has 1 aromatic carbocycles. The van der Waals surface area contributed by atoms with Crippen LogP contribution in [0.4, 0.5) is 4.39 Å². The molecule has 1 saturated heterocycles. The summed E-state index contributed by atoms with van der Waals surface area (Å²) in [4.78, 5) is 24.8. The van der Waals surface area contributed by atoms with Crippen molar-refractivity contribution in [2.75, 3.05) is 13.2 Å². The van der Waals surface area contributed by atoms with Crippen LogP contribution < -0.4 is 5.73 Å². The van der Waals surface area contributed by atoms with Crippen LogP contribution in [0, 0.1) is 16.6 Å². The molecule has 1 aliphatic carbocycles. The minimum atomic E-state index is -0.712. The van der Waals surface area contributed by atoms with Crippen molar-refractivity contribution >= 4 is 5.91 Å². The van der Waals surface area contributed by atoms with Crippen LogP contribution >= 0.6 is 0 Å².